The lowest BCUT2D eigenvalue weighted by molar-refractivity contribution is 0.365. The monoisotopic (exact) mass is 282 g/mol. The third-order valence-corrected chi connectivity index (χ3v) is 4.01. The number of likely N-dealkylation sites (N-methyl/N-ethyl adjacent to an activating group) is 1. The van der Waals surface area contributed by atoms with Crippen molar-refractivity contribution in [3.05, 3.63) is 24.3 Å². The number of hydrogen-bond acceptors (Lipinski definition) is 6. The summed E-state index contributed by atoms with van der Waals surface area (Å²) in [5, 5.41) is 13.4. The molecule has 0 amide bonds. The van der Waals surface area contributed by atoms with Crippen molar-refractivity contribution >= 4 is 16.7 Å². The van der Waals surface area contributed by atoms with E-state index in [2.05, 4.69) is 38.2 Å². The van der Waals surface area contributed by atoms with Crippen LogP contribution in [-0.2, 0) is 0 Å². The van der Waals surface area contributed by atoms with E-state index in [1.807, 2.05) is 7.05 Å². The molecule has 6 heteroatoms. The van der Waals surface area contributed by atoms with Gasteiger partial charge in [0, 0.05) is 31.5 Å². The molecule has 6 nitrogen and oxygen atoms in total. The highest BCUT2D eigenvalue weighted by molar-refractivity contribution is 5.92. The largest absolute Gasteiger partial charge is 0.354 e. The van der Waals surface area contributed by atoms with Crippen molar-refractivity contribution in [1.29, 1.82) is 5.26 Å². The van der Waals surface area contributed by atoms with Gasteiger partial charge in [-0.25, -0.2) is 15.0 Å². The molecule has 0 radical (unpaired) electrons. The fourth-order valence-corrected chi connectivity index (χ4v) is 3.03. The van der Waals surface area contributed by atoms with Crippen LogP contribution in [0.25, 0.3) is 10.9 Å². The molecule has 0 saturated carbocycles. The molecule has 0 unspecified atom stereocenters. The van der Waals surface area contributed by atoms with Gasteiger partial charge in [-0.3, -0.25) is 0 Å². The second-order valence-electron chi connectivity index (χ2n) is 5.62. The fourth-order valence-electron chi connectivity index (χ4n) is 3.03. The van der Waals surface area contributed by atoms with Gasteiger partial charge >= 0.3 is 0 Å². The van der Waals surface area contributed by atoms with Crippen LogP contribution in [0.3, 0.4) is 0 Å². The molecule has 108 valence electrons. The SMILES string of the molecule is CN[C@@H]1C[C@H](C)CN(c2ncc(C#N)c3ncncc23)C1. The Morgan fingerprint density at radius 2 is 2.19 bits per heavy atom. The summed E-state index contributed by atoms with van der Waals surface area (Å²) in [6.07, 6.45) is 6.00. The Hall–Kier alpha value is -2.26. The van der Waals surface area contributed by atoms with Crippen LogP contribution in [0.4, 0.5) is 5.82 Å². The normalized spacial score (nSPS) is 22.2. The zero-order valence-corrected chi connectivity index (χ0v) is 12.2. The Bertz CT molecular complexity index is 692. The van der Waals surface area contributed by atoms with E-state index < -0.39 is 0 Å². The third kappa shape index (κ3) is 2.52. The van der Waals surface area contributed by atoms with Crippen LogP contribution in [0.2, 0.25) is 0 Å². The highest BCUT2D eigenvalue weighted by atomic mass is 15.2. The van der Waals surface area contributed by atoms with Gasteiger partial charge in [0.25, 0.3) is 0 Å². The number of nitrogens with zero attached hydrogens (tertiary/aromatic N) is 5. The van der Waals surface area contributed by atoms with Crippen LogP contribution >= 0.6 is 0 Å². The smallest absolute Gasteiger partial charge is 0.139 e. The first-order valence-electron chi connectivity index (χ1n) is 7.14. The molecular formula is C15H18N6. The number of rotatable bonds is 2. The minimum absolute atomic E-state index is 0.450. The molecular weight excluding hydrogens is 264 g/mol. The number of pyridine rings is 1. The van der Waals surface area contributed by atoms with E-state index in [-0.39, 0.29) is 0 Å². The minimum Gasteiger partial charge on any atom is -0.354 e. The highest BCUT2D eigenvalue weighted by Crippen LogP contribution is 2.28. The predicted molar refractivity (Wildman–Crippen MR) is 80.9 cm³/mol. The molecule has 1 aliphatic rings. The quantitative estimate of drug-likeness (QED) is 0.895. The average Bonchev–Trinajstić information content (AvgIpc) is 2.53. The maximum absolute atomic E-state index is 9.19. The summed E-state index contributed by atoms with van der Waals surface area (Å²) >= 11 is 0. The summed E-state index contributed by atoms with van der Waals surface area (Å²) in [6.45, 7) is 4.11. The first-order valence-corrected chi connectivity index (χ1v) is 7.14. The highest BCUT2D eigenvalue weighted by Gasteiger charge is 2.26. The van der Waals surface area contributed by atoms with Gasteiger partial charge in [-0.05, 0) is 19.4 Å². The molecule has 0 spiro atoms. The number of hydrogen-bond donors (Lipinski definition) is 1. The maximum Gasteiger partial charge on any atom is 0.139 e. The predicted octanol–water partition coefficient (Wildman–Crippen LogP) is 1.33. The van der Waals surface area contributed by atoms with Crippen LogP contribution in [-0.4, -0.2) is 41.1 Å². The van der Waals surface area contributed by atoms with Gasteiger partial charge in [-0.2, -0.15) is 5.26 Å². The second kappa shape index (κ2) is 5.62. The molecule has 0 bridgehead atoms. The van der Waals surface area contributed by atoms with Gasteiger partial charge in [0.2, 0.25) is 0 Å². The lowest BCUT2D eigenvalue weighted by Crippen LogP contribution is -2.48. The summed E-state index contributed by atoms with van der Waals surface area (Å²) in [5.74, 6) is 1.46. The van der Waals surface area contributed by atoms with Gasteiger partial charge in [0.1, 0.15) is 18.2 Å². The molecule has 21 heavy (non-hydrogen) atoms. The third-order valence-electron chi connectivity index (χ3n) is 4.01. The van der Waals surface area contributed by atoms with Crippen LogP contribution in [0.15, 0.2) is 18.7 Å². The van der Waals surface area contributed by atoms with E-state index in [0.29, 0.717) is 23.0 Å². The van der Waals surface area contributed by atoms with Crippen LogP contribution < -0.4 is 10.2 Å². The van der Waals surface area contributed by atoms with Gasteiger partial charge in [-0.15, -0.1) is 0 Å². The lowest BCUT2D eigenvalue weighted by Gasteiger charge is -2.37. The molecule has 2 aromatic rings. The molecule has 3 rings (SSSR count). The molecule has 1 fully saturated rings. The molecule has 0 aromatic carbocycles. The van der Waals surface area contributed by atoms with Crippen molar-refractivity contribution in [1.82, 2.24) is 20.3 Å². The molecule has 1 aliphatic heterocycles. The van der Waals surface area contributed by atoms with Gasteiger partial charge in [0.15, 0.2) is 0 Å². The Labute approximate surface area is 123 Å². The fraction of sp³-hybridized carbons (Fsp3) is 0.467. The number of aromatic nitrogens is 3. The summed E-state index contributed by atoms with van der Waals surface area (Å²) in [7, 11) is 1.99. The second-order valence-corrected chi connectivity index (χ2v) is 5.62. The van der Waals surface area contributed by atoms with E-state index in [4.69, 9.17) is 0 Å². The Morgan fingerprint density at radius 1 is 1.33 bits per heavy atom. The van der Waals surface area contributed by atoms with E-state index in [1.165, 1.54) is 6.33 Å². The summed E-state index contributed by atoms with van der Waals surface area (Å²) in [4.78, 5) is 15.1. The van der Waals surface area contributed by atoms with Crippen LogP contribution in [0, 0.1) is 17.2 Å². The van der Waals surface area contributed by atoms with E-state index in [9.17, 15) is 5.26 Å². The Morgan fingerprint density at radius 3 is 2.95 bits per heavy atom. The van der Waals surface area contributed by atoms with Crippen LogP contribution in [0.1, 0.15) is 18.9 Å². The zero-order chi connectivity index (χ0) is 14.8. The number of nitrogens with one attached hydrogen (secondary N) is 1. The summed E-state index contributed by atoms with van der Waals surface area (Å²) < 4.78 is 0. The molecule has 2 atom stereocenters. The minimum atomic E-state index is 0.450. The summed E-state index contributed by atoms with van der Waals surface area (Å²) in [6, 6.07) is 2.60. The van der Waals surface area contributed by atoms with Crippen molar-refractivity contribution < 1.29 is 0 Å². The van der Waals surface area contributed by atoms with E-state index in [0.717, 1.165) is 30.7 Å². The number of nitriles is 1. The van der Waals surface area contributed by atoms with E-state index >= 15 is 0 Å². The standard InChI is InChI=1S/C15H18N6/c1-10-3-12(17-2)8-21(7-10)15-13-6-18-9-20-14(13)11(4-16)5-19-15/h5-6,9-10,12,17H,3,7-8H2,1-2H3/t10-,12+/m0/s1. The molecule has 1 saturated heterocycles. The Kier molecular flexibility index (Phi) is 3.67. The first-order chi connectivity index (χ1) is 10.2. The van der Waals surface area contributed by atoms with Crippen molar-refractivity contribution in [3.63, 3.8) is 0 Å². The number of anilines is 1. The van der Waals surface area contributed by atoms with Crippen molar-refractivity contribution in [2.75, 3.05) is 25.0 Å². The average molecular weight is 282 g/mol. The van der Waals surface area contributed by atoms with Crippen molar-refractivity contribution in [2.45, 2.75) is 19.4 Å². The van der Waals surface area contributed by atoms with Crippen molar-refractivity contribution in [3.8, 4) is 6.07 Å². The molecule has 0 aliphatic carbocycles. The van der Waals surface area contributed by atoms with Crippen LogP contribution in [0.5, 0.6) is 0 Å². The van der Waals surface area contributed by atoms with Gasteiger partial charge < -0.3 is 10.2 Å². The number of fused-ring (bicyclic) bond motifs is 1. The topological polar surface area (TPSA) is 77.7 Å². The Balaban J connectivity index is 2.07. The lowest BCUT2D eigenvalue weighted by atomic mass is 9.96. The summed E-state index contributed by atoms with van der Waals surface area (Å²) in [5.41, 5.74) is 1.17. The maximum atomic E-state index is 9.19. The number of piperidine rings is 1. The zero-order valence-electron chi connectivity index (χ0n) is 12.2. The molecule has 2 aromatic heterocycles. The molecule has 1 N–H and O–H groups in total. The van der Waals surface area contributed by atoms with Gasteiger partial charge in [0.05, 0.1) is 16.5 Å². The first kappa shape index (κ1) is 13.7. The van der Waals surface area contributed by atoms with Gasteiger partial charge in [-0.1, -0.05) is 6.92 Å². The van der Waals surface area contributed by atoms with E-state index in [1.54, 1.807) is 12.4 Å². The van der Waals surface area contributed by atoms with Crippen molar-refractivity contribution in [2.24, 2.45) is 5.92 Å². The molecule has 3 heterocycles.